The average Bonchev–Trinajstić information content (AvgIpc) is 2.72. The summed E-state index contributed by atoms with van der Waals surface area (Å²) in [6.07, 6.45) is 5.72. The van der Waals surface area contributed by atoms with E-state index in [4.69, 9.17) is 5.84 Å². The minimum Gasteiger partial charge on any atom is -0.351 e. The molecule has 0 radical (unpaired) electrons. The van der Waals surface area contributed by atoms with Crippen molar-refractivity contribution in [3.05, 3.63) is 22.2 Å². The Bertz CT molecular complexity index is 494. The number of nitrogens with two attached hydrogens (primary N) is 1. The Labute approximate surface area is 124 Å². The van der Waals surface area contributed by atoms with E-state index in [1.807, 2.05) is 4.90 Å². The second-order valence-electron chi connectivity index (χ2n) is 5.51. The molecule has 7 heteroatoms. The van der Waals surface area contributed by atoms with Crippen LogP contribution in [0.2, 0.25) is 0 Å². The molecule has 0 aliphatic carbocycles. The van der Waals surface area contributed by atoms with Gasteiger partial charge in [0.15, 0.2) is 0 Å². The molecule has 21 heavy (non-hydrogen) atoms. The quantitative estimate of drug-likeness (QED) is 0.492. The molecule has 1 saturated heterocycles. The molecular weight excluding hydrogens is 270 g/mol. The van der Waals surface area contributed by atoms with Crippen molar-refractivity contribution in [2.24, 2.45) is 11.8 Å². The van der Waals surface area contributed by atoms with Crippen LogP contribution in [0.1, 0.15) is 39.0 Å². The summed E-state index contributed by atoms with van der Waals surface area (Å²) in [4.78, 5) is 17.1. The molecule has 1 atom stereocenters. The van der Waals surface area contributed by atoms with E-state index in [1.54, 1.807) is 0 Å². The normalized spacial score (nSPS) is 19.1. The second-order valence-corrected chi connectivity index (χ2v) is 5.51. The summed E-state index contributed by atoms with van der Waals surface area (Å²) in [5.41, 5.74) is 2.50. The van der Waals surface area contributed by atoms with Gasteiger partial charge in [0.1, 0.15) is 5.82 Å². The predicted molar refractivity (Wildman–Crippen MR) is 83.2 cm³/mol. The first-order valence-corrected chi connectivity index (χ1v) is 7.52. The number of nitro groups is 1. The number of aromatic nitrogens is 1. The van der Waals surface area contributed by atoms with Crippen LogP contribution in [-0.2, 0) is 0 Å². The summed E-state index contributed by atoms with van der Waals surface area (Å²) in [7, 11) is 0. The van der Waals surface area contributed by atoms with E-state index in [2.05, 4.69) is 17.3 Å². The topological polar surface area (TPSA) is 97.3 Å². The Morgan fingerprint density at radius 2 is 2.29 bits per heavy atom. The molecule has 3 N–H and O–H groups in total. The minimum absolute atomic E-state index is 0.0444. The fourth-order valence-corrected chi connectivity index (χ4v) is 2.97. The Kier molecular flexibility index (Phi) is 5.32. The van der Waals surface area contributed by atoms with Gasteiger partial charge in [0.25, 0.3) is 0 Å². The number of hydrogen-bond acceptors (Lipinski definition) is 6. The monoisotopic (exact) mass is 293 g/mol. The fourth-order valence-electron chi connectivity index (χ4n) is 2.97. The van der Waals surface area contributed by atoms with Gasteiger partial charge in [-0.3, -0.25) is 10.1 Å². The molecule has 2 heterocycles. The van der Waals surface area contributed by atoms with Gasteiger partial charge in [-0.05, 0) is 31.2 Å². The summed E-state index contributed by atoms with van der Waals surface area (Å²) in [6.45, 7) is 3.82. The Morgan fingerprint density at radius 1 is 1.48 bits per heavy atom. The summed E-state index contributed by atoms with van der Waals surface area (Å²) in [5.74, 6) is 6.96. The zero-order chi connectivity index (χ0) is 15.2. The van der Waals surface area contributed by atoms with Crippen LogP contribution in [-0.4, -0.2) is 23.0 Å². The molecule has 1 unspecified atom stereocenters. The lowest BCUT2D eigenvalue weighted by atomic mass is 9.96. The van der Waals surface area contributed by atoms with Gasteiger partial charge < -0.3 is 10.3 Å². The molecule has 1 fully saturated rings. The first-order chi connectivity index (χ1) is 10.2. The van der Waals surface area contributed by atoms with E-state index in [-0.39, 0.29) is 10.6 Å². The first-order valence-electron chi connectivity index (χ1n) is 7.52. The van der Waals surface area contributed by atoms with E-state index < -0.39 is 0 Å². The lowest BCUT2D eigenvalue weighted by molar-refractivity contribution is -0.384. The highest BCUT2D eigenvalue weighted by Crippen LogP contribution is 2.31. The summed E-state index contributed by atoms with van der Waals surface area (Å²) in [6, 6.07) is 2.99. The summed E-state index contributed by atoms with van der Waals surface area (Å²) >= 11 is 0. The van der Waals surface area contributed by atoms with Crippen molar-refractivity contribution < 1.29 is 4.92 Å². The number of rotatable bonds is 5. The molecule has 0 saturated carbocycles. The Morgan fingerprint density at radius 3 is 2.95 bits per heavy atom. The van der Waals surface area contributed by atoms with Gasteiger partial charge in [0, 0.05) is 19.2 Å². The number of hydrazine groups is 1. The second kappa shape index (κ2) is 7.21. The van der Waals surface area contributed by atoms with E-state index in [0.717, 1.165) is 31.8 Å². The molecule has 1 aliphatic rings. The maximum absolute atomic E-state index is 11.2. The standard InChI is InChI=1S/C14H23N5O2/c1-2-4-11-5-3-9-18(10-8-11)14-12(19(20)21)6-7-13(16-14)17-15/h6-7,11H,2-5,8-10,15H2,1H3,(H,16,17). The van der Waals surface area contributed by atoms with Gasteiger partial charge in [-0.15, -0.1) is 0 Å². The van der Waals surface area contributed by atoms with Crippen molar-refractivity contribution in [2.45, 2.75) is 39.0 Å². The van der Waals surface area contributed by atoms with Crippen molar-refractivity contribution in [2.75, 3.05) is 23.4 Å². The van der Waals surface area contributed by atoms with Crippen LogP contribution in [0.25, 0.3) is 0 Å². The largest absolute Gasteiger partial charge is 0.351 e. The third-order valence-corrected chi connectivity index (χ3v) is 4.04. The van der Waals surface area contributed by atoms with Crippen LogP contribution in [0.4, 0.5) is 17.3 Å². The van der Waals surface area contributed by atoms with Crippen LogP contribution in [0, 0.1) is 16.0 Å². The van der Waals surface area contributed by atoms with Crippen molar-refractivity contribution in [1.82, 2.24) is 4.98 Å². The van der Waals surface area contributed by atoms with Crippen molar-refractivity contribution in [1.29, 1.82) is 0 Å². The third-order valence-electron chi connectivity index (χ3n) is 4.04. The van der Waals surface area contributed by atoms with Gasteiger partial charge in [-0.2, -0.15) is 0 Å². The predicted octanol–water partition coefficient (Wildman–Crippen LogP) is 2.68. The lowest BCUT2D eigenvalue weighted by Crippen LogP contribution is -2.26. The smallest absolute Gasteiger partial charge is 0.311 e. The van der Waals surface area contributed by atoms with Crippen molar-refractivity contribution >= 4 is 17.3 Å². The van der Waals surface area contributed by atoms with E-state index in [9.17, 15) is 10.1 Å². The highest BCUT2D eigenvalue weighted by molar-refractivity contribution is 5.61. The molecule has 1 aromatic rings. The van der Waals surface area contributed by atoms with Crippen LogP contribution < -0.4 is 16.2 Å². The number of nitrogens with one attached hydrogen (secondary N) is 1. The average molecular weight is 293 g/mol. The molecule has 0 aromatic carbocycles. The SMILES string of the molecule is CCCC1CCCN(c2nc(NN)ccc2[N+](=O)[O-])CC1. The fraction of sp³-hybridized carbons (Fsp3) is 0.643. The van der Waals surface area contributed by atoms with Gasteiger partial charge in [0.05, 0.1) is 4.92 Å². The summed E-state index contributed by atoms with van der Waals surface area (Å²) in [5, 5.41) is 11.2. The van der Waals surface area contributed by atoms with Gasteiger partial charge in [-0.25, -0.2) is 10.8 Å². The molecule has 0 spiro atoms. The Balaban J connectivity index is 2.21. The maximum Gasteiger partial charge on any atom is 0.311 e. The maximum atomic E-state index is 11.2. The zero-order valence-electron chi connectivity index (χ0n) is 12.4. The lowest BCUT2D eigenvalue weighted by Gasteiger charge is -2.22. The molecule has 116 valence electrons. The van der Waals surface area contributed by atoms with Crippen molar-refractivity contribution in [3.8, 4) is 0 Å². The van der Waals surface area contributed by atoms with E-state index >= 15 is 0 Å². The number of nitrogens with zero attached hydrogens (tertiary/aromatic N) is 3. The van der Waals surface area contributed by atoms with Crippen molar-refractivity contribution in [3.63, 3.8) is 0 Å². The Hall–Kier alpha value is -1.89. The summed E-state index contributed by atoms with van der Waals surface area (Å²) < 4.78 is 0. The molecule has 1 aromatic heterocycles. The minimum atomic E-state index is -0.378. The molecule has 0 amide bonds. The highest BCUT2D eigenvalue weighted by atomic mass is 16.6. The number of anilines is 2. The van der Waals surface area contributed by atoms with Gasteiger partial charge >= 0.3 is 5.69 Å². The van der Waals surface area contributed by atoms with Crippen LogP contribution in [0.5, 0.6) is 0 Å². The van der Waals surface area contributed by atoms with Crippen LogP contribution >= 0.6 is 0 Å². The number of pyridine rings is 1. The zero-order valence-corrected chi connectivity index (χ0v) is 12.4. The molecule has 2 rings (SSSR count). The van der Waals surface area contributed by atoms with Crippen LogP contribution in [0.15, 0.2) is 12.1 Å². The van der Waals surface area contributed by atoms with Gasteiger partial charge in [0.2, 0.25) is 5.82 Å². The molecule has 0 bridgehead atoms. The molecule has 1 aliphatic heterocycles. The van der Waals surface area contributed by atoms with Gasteiger partial charge in [-0.1, -0.05) is 19.8 Å². The third kappa shape index (κ3) is 3.81. The van der Waals surface area contributed by atoms with Crippen LogP contribution in [0.3, 0.4) is 0 Å². The first kappa shape index (κ1) is 15.5. The molecular formula is C14H23N5O2. The highest BCUT2D eigenvalue weighted by Gasteiger charge is 2.24. The number of hydrogen-bond donors (Lipinski definition) is 2. The number of nitrogen functional groups attached to an aromatic ring is 1. The van der Waals surface area contributed by atoms with E-state index in [0.29, 0.717) is 11.6 Å². The molecule has 7 nitrogen and oxygen atoms in total. The van der Waals surface area contributed by atoms with E-state index in [1.165, 1.54) is 31.4 Å².